The van der Waals surface area contributed by atoms with E-state index in [9.17, 15) is 4.79 Å². The molecule has 1 aliphatic rings. The molecule has 4 N–H and O–H groups in total. The molecule has 1 atom stereocenters. The van der Waals surface area contributed by atoms with Crippen LogP contribution in [-0.4, -0.2) is 97.0 Å². The van der Waals surface area contributed by atoms with Crippen molar-refractivity contribution in [1.82, 2.24) is 24.8 Å². The minimum absolute atomic E-state index is 0.0144. The van der Waals surface area contributed by atoms with Crippen LogP contribution in [0.4, 0.5) is 28.1 Å². The first-order valence-corrected chi connectivity index (χ1v) is 19.0. The van der Waals surface area contributed by atoms with Gasteiger partial charge < -0.3 is 34.3 Å². The molecule has 1 aromatic carbocycles. The van der Waals surface area contributed by atoms with Crippen LogP contribution in [0.5, 0.6) is 0 Å². The average Bonchev–Trinajstić information content (AvgIpc) is 3.05. The minimum Gasteiger partial charge on any atom is -0.445 e. The number of nitrogens with two attached hydrogens (primary N) is 1. The Bertz CT molecular complexity index is 1470. The Morgan fingerprint density at radius 3 is 2.55 bits per heavy atom. The van der Waals surface area contributed by atoms with Crippen LogP contribution in [0.2, 0.25) is 18.1 Å². The van der Waals surface area contributed by atoms with Crippen molar-refractivity contribution in [2.75, 3.05) is 61.5 Å². The Morgan fingerprint density at radius 2 is 1.89 bits per heavy atom. The first-order valence-electron chi connectivity index (χ1n) is 16.1. The summed E-state index contributed by atoms with van der Waals surface area (Å²) in [4.78, 5) is 35.2. The largest absolute Gasteiger partial charge is 0.445 e. The standard InChI is InChI=1S/C33H49N9O4Si/c1-8-44-19-16-36-29-28(26(34)22-46-47(6,7)33(3,4)5)39-31(40-30(29)38-27-14-15-35-23-37-27)41-17-18-42(24(2)20-41)32(43)45-21-25-12-10-9-11-13-25/h9-15,23-24,34,36H,8,16-22H2,1-7H3,(H,35,37,38,39,40)/p+1/t24-/m1/s1. The summed E-state index contributed by atoms with van der Waals surface area (Å²) in [5, 5.41) is 13.6. The van der Waals surface area contributed by atoms with Gasteiger partial charge in [0.2, 0.25) is 11.7 Å². The smallest absolute Gasteiger partial charge is 0.410 e. The van der Waals surface area contributed by atoms with Gasteiger partial charge in [0.05, 0.1) is 6.61 Å². The third-order valence-corrected chi connectivity index (χ3v) is 13.0. The monoisotopic (exact) mass is 664 g/mol. The Labute approximate surface area is 279 Å². The van der Waals surface area contributed by atoms with Crippen molar-refractivity contribution in [2.45, 2.75) is 65.4 Å². The zero-order valence-corrected chi connectivity index (χ0v) is 29.7. The molecule has 1 aliphatic heterocycles. The number of amides is 1. The lowest BCUT2D eigenvalue weighted by molar-refractivity contribution is -0.117. The van der Waals surface area contributed by atoms with Crippen molar-refractivity contribution in [3.8, 4) is 0 Å². The van der Waals surface area contributed by atoms with E-state index >= 15 is 0 Å². The van der Waals surface area contributed by atoms with E-state index in [4.69, 9.17) is 29.3 Å². The summed E-state index contributed by atoms with van der Waals surface area (Å²) < 4.78 is 17.7. The van der Waals surface area contributed by atoms with E-state index in [2.05, 4.69) is 59.4 Å². The highest BCUT2D eigenvalue weighted by Crippen LogP contribution is 2.37. The SMILES string of the molecule is CCOCCNc1c(Nc2ccncn2)nc(N2CCN(C(=O)OCc3ccccc3)[C@H](C)C2)nc1C(=[NH2+])CO[Si](C)(C)C(C)(C)C. The fraction of sp³-hybridized carbons (Fsp3) is 0.515. The fourth-order valence-electron chi connectivity index (χ4n) is 4.71. The number of rotatable bonds is 14. The number of hydrogen-bond donors (Lipinski definition) is 3. The first kappa shape index (κ1) is 35.7. The zero-order chi connectivity index (χ0) is 34.0. The second kappa shape index (κ2) is 16.1. The van der Waals surface area contributed by atoms with E-state index in [0.29, 0.717) is 74.1 Å². The van der Waals surface area contributed by atoms with Crippen molar-refractivity contribution >= 4 is 43.4 Å². The molecule has 0 unspecified atom stereocenters. The van der Waals surface area contributed by atoms with Gasteiger partial charge >= 0.3 is 6.09 Å². The van der Waals surface area contributed by atoms with Crippen molar-refractivity contribution in [3.05, 3.63) is 60.2 Å². The quantitative estimate of drug-likeness (QED) is 0.131. The van der Waals surface area contributed by atoms with E-state index in [1.807, 2.05) is 44.2 Å². The maximum Gasteiger partial charge on any atom is 0.410 e. The van der Waals surface area contributed by atoms with Crippen LogP contribution in [0.1, 0.15) is 45.9 Å². The summed E-state index contributed by atoms with van der Waals surface area (Å²) in [6.45, 7) is 18.4. The van der Waals surface area contributed by atoms with E-state index in [1.165, 1.54) is 6.33 Å². The van der Waals surface area contributed by atoms with Crippen LogP contribution in [-0.2, 0) is 20.5 Å². The Morgan fingerprint density at radius 1 is 1.13 bits per heavy atom. The molecule has 4 rings (SSSR count). The zero-order valence-electron chi connectivity index (χ0n) is 28.7. The molecule has 3 heterocycles. The second-order valence-electron chi connectivity index (χ2n) is 13.0. The number of hydrogen-bond acceptors (Lipinski definition) is 11. The molecule has 14 heteroatoms. The molecule has 1 fully saturated rings. The number of piperazine rings is 1. The van der Waals surface area contributed by atoms with Gasteiger partial charge in [0.25, 0.3) is 0 Å². The molecule has 254 valence electrons. The normalized spacial score (nSPS) is 15.3. The highest BCUT2D eigenvalue weighted by molar-refractivity contribution is 6.74. The predicted octanol–water partition coefficient (Wildman–Crippen LogP) is 3.88. The molecule has 0 radical (unpaired) electrons. The number of ether oxygens (including phenoxy) is 2. The van der Waals surface area contributed by atoms with Crippen LogP contribution in [0.3, 0.4) is 0 Å². The van der Waals surface area contributed by atoms with Crippen LogP contribution in [0, 0.1) is 0 Å². The number of aromatic nitrogens is 4. The Hall–Kier alpha value is -4.14. The molecule has 0 saturated carbocycles. The summed E-state index contributed by atoms with van der Waals surface area (Å²) in [7, 11) is -2.11. The van der Waals surface area contributed by atoms with Gasteiger partial charge in [-0.2, -0.15) is 4.98 Å². The summed E-state index contributed by atoms with van der Waals surface area (Å²) in [6, 6.07) is 11.3. The second-order valence-corrected chi connectivity index (χ2v) is 17.9. The lowest BCUT2D eigenvalue weighted by atomic mass is 10.2. The van der Waals surface area contributed by atoms with E-state index in [0.717, 1.165) is 5.56 Å². The number of carbonyl (C=O) groups excluding carboxylic acids is 1. The molecule has 2 aromatic heterocycles. The van der Waals surface area contributed by atoms with Gasteiger partial charge in [-0.15, -0.1) is 0 Å². The molecule has 47 heavy (non-hydrogen) atoms. The summed E-state index contributed by atoms with van der Waals surface area (Å²) >= 11 is 0. The third kappa shape index (κ3) is 9.69. The number of carbonyl (C=O) groups is 1. The molecule has 0 aliphatic carbocycles. The van der Waals surface area contributed by atoms with Crippen molar-refractivity contribution in [3.63, 3.8) is 0 Å². The molecule has 1 amide bonds. The summed E-state index contributed by atoms with van der Waals surface area (Å²) in [6.07, 6.45) is 2.79. The molecule has 13 nitrogen and oxygen atoms in total. The number of nitrogens with zero attached hydrogens (tertiary/aromatic N) is 6. The third-order valence-electron chi connectivity index (χ3n) is 8.53. The molecule has 0 spiro atoms. The van der Waals surface area contributed by atoms with Crippen LogP contribution in [0.15, 0.2) is 48.9 Å². The Balaban J connectivity index is 1.62. The van der Waals surface area contributed by atoms with Gasteiger partial charge in [-0.25, -0.2) is 19.7 Å². The van der Waals surface area contributed by atoms with Crippen LogP contribution < -0.4 is 20.9 Å². The minimum atomic E-state index is -2.11. The number of nitrogens with one attached hydrogen (secondary N) is 2. The fourth-order valence-corrected chi connectivity index (χ4v) is 5.66. The van der Waals surface area contributed by atoms with Crippen LogP contribution in [0.25, 0.3) is 0 Å². The number of benzene rings is 1. The van der Waals surface area contributed by atoms with Crippen molar-refractivity contribution in [1.29, 1.82) is 0 Å². The van der Waals surface area contributed by atoms with Crippen molar-refractivity contribution < 1.29 is 24.1 Å². The van der Waals surface area contributed by atoms with E-state index < -0.39 is 8.32 Å². The number of anilines is 4. The van der Waals surface area contributed by atoms with E-state index in [-0.39, 0.29) is 30.4 Å². The molecule has 0 bridgehead atoms. The van der Waals surface area contributed by atoms with Gasteiger partial charge in [0, 0.05) is 45.0 Å². The molecule has 3 aromatic rings. The van der Waals surface area contributed by atoms with Gasteiger partial charge in [-0.05, 0) is 43.6 Å². The van der Waals surface area contributed by atoms with Gasteiger partial charge in [-0.3, -0.25) is 5.41 Å². The summed E-state index contributed by atoms with van der Waals surface area (Å²) in [5.74, 6) is 1.55. The van der Waals surface area contributed by atoms with Gasteiger partial charge in [-0.1, -0.05) is 51.1 Å². The maximum atomic E-state index is 13.0. The molecular weight excluding hydrogens is 615 g/mol. The van der Waals surface area contributed by atoms with Gasteiger partial charge in [0.1, 0.15) is 31.0 Å². The highest BCUT2D eigenvalue weighted by atomic mass is 28.4. The summed E-state index contributed by atoms with van der Waals surface area (Å²) in [5.41, 5.74) is 2.59. The Kier molecular flexibility index (Phi) is 12.2. The predicted molar refractivity (Wildman–Crippen MR) is 187 cm³/mol. The highest BCUT2D eigenvalue weighted by Gasteiger charge is 2.38. The lowest BCUT2D eigenvalue weighted by Gasteiger charge is -2.39. The van der Waals surface area contributed by atoms with Crippen LogP contribution >= 0.6 is 0 Å². The van der Waals surface area contributed by atoms with Gasteiger partial charge in [0.15, 0.2) is 19.8 Å². The van der Waals surface area contributed by atoms with Crippen molar-refractivity contribution in [2.24, 2.45) is 0 Å². The molecule has 1 saturated heterocycles. The average molecular weight is 665 g/mol. The lowest BCUT2D eigenvalue weighted by Crippen LogP contribution is -2.54. The first-order chi connectivity index (χ1) is 22.4. The topological polar surface area (TPSA) is 152 Å². The molecular formula is C33H50N9O4Si+. The van der Waals surface area contributed by atoms with E-state index in [1.54, 1.807) is 17.2 Å². The maximum absolute atomic E-state index is 13.0.